The summed E-state index contributed by atoms with van der Waals surface area (Å²) >= 11 is 1.84. The predicted octanol–water partition coefficient (Wildman–Crippen LogP) is 12.3. The Morgan fingerprint density at radius 3 is 2.31 bits per heavy atom. The molecule has 6 nitrogen and oxygen atoms in total. The monoisotopic (exact) mass is 693 g/mol. The first-order valence-corrected chi connectivity index (χ1v) is 18.4. The predicted molar refractivity (Wildman–Crippen MR) is 217 cm³/mol. The summed E-state index contributed by atoms with van der Waals surface area (Å²) in [7, 11) is 0. The minimum Gasteiger partial charge on any atom is -0.457 e. The molecule has 52 heavy (non-hydrogen) atoms. The number of rotatable bonds is 5. The Hall–Kier alpha value is -6.18. The van der Waals surface area contributed by atoms with E-state index in [1.807, 2.05) is 36.0 Å². The Morgan fingerprint density at radius 2 is 1.40 bits per heavy atom. The van der Waals surface area contributed by atoms with Crippen LogP contribution in [0.2, 0.25) is 0 Å². The minimum atomic E-state index is 0.00427. The third-order valence-electron chi connectivity index (χ3n) is 10.2. The molecule has 0 N–H and O–H groups in total. The van der Waals surface area contributed by atoms with E-state index in [2.05, 4.69) is 161 Å². The average molecular weight is 694 g/mol. The average Bonchev–Trinajstić information content (AvgIpc) is 3.84. The van der Waals surface area contributed by atoms with Gasteiger partial charge in [0.1, 0.15) is 24.0 Å². The van der Waals surface area contributed by atoms with Crippen LogP contribution in [0.4, 0.5) is 22.7 Å². The Labute approximate surface area is 305 Å². The van der Waals surface area contributed by atoms with Gasteiger partial charge in [-0.15, -0.1) is 11.3 Å². The highest BCUT2D eigenvalue weighted by Crippen LogP contribution is 2.48. The standard InChI is InChI=1S/C45H35N5OS/c1-45(2,3)29-20-23-47-43(24-29)50-36-14-6-4-12-33(36)34-19-18-32(26-39(34)50)51-31-11-8-10-30(25-31)48-28-49(37-21-22-46-27-40(37)48)38-15-9-17-42-44(38)35-13-5-7-16-41(35)52-42/h4-27H,28H2,1-3H3. The molecule has 0 atom stereocenters. The maximum Gasteiger partial charge on any atom is 0.137 e. The first kappa shape index (κ1) is 30.6. The van der Waals surface area contributed by atoms with Crippen molar-refractivity contribution in [2.75, 3.05) is 16.5 Å². The molecule has 5 aromatic carbocycles. The lowest BCUT2D eigenvalue weighted by atomic mass is 9.88. The molecule has 0 unspecified atom stereocenters. The smallest absolute Gasteiger partial charge is 0.137 e. The van der Waals surface area contributed by atoms with E-state index >= 15 is 0 Å². The van der Waals surface area contributed by atoms with Crippen LogP contribution in [-0.2, 0) is 5.41 Å². The van der Waals surface area contributed by atoms with E-state index in [0.717, 1.165) is 50.8 Å². The zero-order chi connectivity index (χ0) is 35.0. The second-order valence-corrected chi connectivity index (χ2v) is 15.5. The third kappa shape index (κ3) is 4.92. The lowest BCUT2D eigenvalue weighted by Gasteiger charge is -2.23. The number of anilines is 4. The van der Waals surface area contributed by atoms with Crippen molar-refractivity contribution in [3.05, 3.63) is 152 Å². The van der Waals surface area contributed by atoms with E-state index in [1.165, 1.54) is 36.8 Å². The quantitative estimate of drug-likeness (QED) is 0.180. The lowest BCUT2D eigenvalue weighted by molar-refractivity contribution is 0.483. The molecule has 0 saturated carbocycles. The number of benzene rings is 5. The molecule has 252 valence electrons. The van der Waals surface area contributed by atoms with Crippen LogP contribution in [0.15, 0.2) is 146 Å². The van der Waals surface area contributed by atoms with Gasteiger partial charge in [0.2, 0.25) is 0 Å². The number of hydrogen-bond donors (Lipinski definition) is 0. The van der Waals surface area contributed by atoms with E-state index in [-0.39, 0.29) is 5.41 Å². The number of nitrogens with zero attached hydrogens (tertiary/aromatic N) is 5. The van der Waals surface area contributed by atoms with Crippen LogP contribution >= 0.6 is 11.3 Å². The van der Waals surface area contributed by atoms with Crippen molar-refractivity contribution in [2.24, 2.45) is 0 Å². The van der Waals surface area contributed by atoms with Crippen LogP contribution in [0.3, 0.4) is 0 Å². The summed E-state index contributed by atoms with van der Waals surface area (Å²) in [6.45, 7) is 7.36. The zero-order valence-corrected chi connectivity index (χ0v) is 29.9. The second-order valence-electron chi connectivity index (χ2n) is 14.4. The summed E-state index contributed by atoms with van der Waals surface area (Å²) in [6.07, 6.45) is 5.76. The molecule has 4 aromatic heterocycles. The molecule has 0 amide bonds. The van der Waals surface area contributed by atoms with Gasteiger partial charge < -0.3 is 14.5 Å². The van der Waals surface area contributed by atoms with E-state index in [4.69, 9.17) is 9.72 Å². The Morgan fingerprint density at radius 1 is 0.615 bits per heavy atom. The highest BCUT2D eigenvalue weighted by Gasteiger charge is 2.30. The van der Waals surface area contributed by atoms with E-state index in [0.29, 0.717) is 6.67 Å². The van der Waals surface area contributed by atoms with Gasteiger partial charge in [-0.25, -0.2) is 4.98 Å². The molecule has 0 spiro atoms. The molecule has 0 fully saturated rings. The Kier molecular flexibility index (Phi) is 6.88. The van der Waals surface area contributed by atoms with Crippen LogP contribution in [0.1, 0.15) is 26.3 Å². The van der Waals surface area contributed by atoms with Gasteiger partial charge in [-0.3, -0.25) is 9.55 Å². The Balaban J connectivity index is 1.02. The molecule has 0 radical (unpaired) electrons. The van der Waals surface area contributed by atoms with Crippen molar-refractivity contribution in [2.45, 2.75) is 26.2 Å². The second kappa shape index (κ2) is 11.7. The number of para-hydroxylation sites is 1. The summed E-state index contributed by atoms with van der Waals surface area (Å²) < 4.78 is 11.5. The minimum absolute atomic E-state index is 0.00427. The van der Waals surface area contributed by atoms with Gasteiger partial charge >= 0.3 is 0 Å². The fraction of sp³-hybridized carbons (Fsp3) is 0.111. The molecule has 0 saturated heterocycles. The molecule has 0 bridgehead atoms. The molecular formula is C45H35N5OS. The van der Waals surface area contributed by atoms with Crippen molar-refractivity contribution in [3.8, 4) is 17.3 Å². The maximum absolute atomic E-state index is 6.66. The summed E-state index contributed by atoms with van der Waals surface area (Å²) in [6, 6.07) is 45.0. The lowest BCUT2D eigenvalue weighted by Crippen LogP contribution is -2.24. The highest BCUT2D eigenvalue weighted by molar-refractivity contribution is 7.26. The largest absolute Gasteiger partial charge is 0.457 e. The number of hydrogen-bond acceptors (Lipinski definition) is 6. The molecule has 0 aliphatic carbocycles. The molecular weight excluding hydrogens is 659 g/mol. The summed E-state index contributed by atoms with van der Waals surface area (Å²) in [5, 5.41) is 4.93. The maximum atomic E-state index is 6.66. The Bertz CT molecular complexity index is 2830. The van der Waals surface area contributed by atoms with Crippen LogP contribution in [0.5, 0.6) is 11.5 Å². The molecule has 9 aromatic rings. The molecule has 1 aliphatic rings. The highest BCUT2D eigenvalue weighted by atomic mass is 32.1. The summed E-state index contributed by atoms with van der Waals surface area (Å²) in [4.78, 5) is 14.1. The fourth-order valence-corrected chi connectivity index (χ4v) is 8.76. The van der Waals surface area contributed by atoms with Gasteiger partial charge in [-0.05, 0) is 77.7 Å². The van der Waals surface area contributed by atoms with Crippen LogP contribution in [-0.4, -0.2) is 21.2 Å². The van der Waals surface area contributed by atoms with Gasteiger partial charge in [0.15, 0.2) is 0 Å². The van der Waals surface area contributed by atoms with E-state index in [1.54, 1.807) is 0 Å². The van der Waals surface area contributed by atoms with Gasteiger partial charge in [-0.1, -0.05) is 69.3 Å². The number of ether oxygens (including phenoxy) is 1. The van der Waals surface area contributed by atoms with Gasteiger partial charge in [0.05, 0.1) is 34.3 Å². The number of pyridine rings is 2. The molecule has 5 heterocycles. The topological polar surface area (TPSA) is 46.4 Å². The normalized spacial score (nSPS) is 13.1. The van der Waals surface area contributed by atoms with Crippen LogP contribution in [0, 0.1) is 0 Å². The summed E-state index contributed by atoms with van der Waals surface area (Å²) in [5.74, 6) is 2.43. The number of thiophene rings is 1. The first-order chi connectivity index (χ1) is 25.4. The van der Waals surface area contributed by atoms with Crippen LogP contribution < -0.4 is 14.5 Å². The van der Waals surface area contributed by atoms with E-state index < -0.39 is 0 Å². The molecule has 10 rings (SSSR count). The zero-order valence-electron chi connectivity index (χ0n) is 29.1. The SMILES string of the molecule is CC(C)(C)c1ccnc(-n2c3ccccc3c3ccc(Oc4cccc(N5CN(c6cccc7sc8ccccc8c67)c6ccncc65)c4)cc32)c1. The first-order valence-electron chi connectivity index (χ1n) is 17.6. The van der Waals surface area contributed by atoms with Crippen molar-refractivity contribution < 1.29 is 4.74 Å². The van der Waals surface area contributed by atoms with Crippen molar-refractivity contribution in [1.29, 1.82) is 0 Å². The van der Waals surface area contributed by atoms with Gasteiger partial charge in [0, 0.05) is 61.2 Å². The van der Waals surface area contributed by atoms with Gasteiger partial charge in [0.25, 0.3) is 0 Å². The van der Waals surface area contributed by atoms with E-state index in [9.17, 15) is 0 Å². The van der Waals surface area contributed by atoms with Gasteiger partial charge in [-0.2, -0.15) is 0 Å². The molecule has 1 aliphatic heterocycles. The third-order valence-corrected chi connectivity index (χ3v) is 11.3. The van der Waals surface area contributed by atoms with Crippen LogP contribution in [0.25, 0.3) is 47.8 Å². The summed E-state index contributed by atoms with van der Waals surface area (Å²) in [5.41, 5.74) is 7.85. The fourth-order valence-electron chi connectivity index (χ4n) is 7.64. The van der Waals surface area contributed by atoms with Crippen molar-refractivity contribution in [1.82, 2.24) is 14.5 Å². The number of fused-ring (bicyclic) bond motifs is 7. The van der Waals surface area contributed by atoms with Crippen molar-refractivity contribution >= 4 is 76.1 Å². The van der Waals surface area contributed by atoms with Crippen molar-refractivity contribution in [3.63, 3.8) is 0 Å². The number of aromatic nitrogens is 3. The molecule has 7 heteroatoms.